The summed E-state index contributed by atoms with van der Waals surface area (Å²) in [5.41, 5.74) is 3.77. The Hall–Kier alpha value is -2.14. The summed E-state index contributed by atoms with van der Waals surface area (Å²) in [4.78, 5) is 25.6. The van der Waals surface area contributed by atoms with E-state index in [9.17, 15) is 14.7 Å². The van der Waals surface area contributed by atoms with E-state index in [1.807, 2.05) is 26.0 Å². The highest BCUT2D eigenvalue weighted by molar-refractivity contribution is 7.17. The maximum atomic E-state index is 12.7. The Bertz CT molecular complexity index is 838. The highest BCUT2D eigenvalue weighted by Crippen LogP contribution is 2.40. The summed E-state index contributed by atoms with van der Waals surface area (Å²) in [6.07, 6.45) is 3.82. The van der Waals surface area contributed by atoms with Crippen molar-refractivity contribution in [3.8, 4) is 0 Å². The van der Waals surface area contributed by atoms with Gasteiger partial charge in [-0.25, -0.2) is 4.79 Å². The average molecular weight is 357 g/mol. The highest BCUT2D eigenvalue weighted by atomic mass is 32.1. The van der Waals surface area contributed by atoms with E-state index < -0.39 is 5.97 Å². The topological polar surface area (TPSA) is 66.4 Å². The summed E-state index contributed by atoms with van der Waals surface area (Å²) in [7, 11) is 0. The van der Waals surface area contributed by atoms with Gasteiger partial charge in [-0.3, -0.25) is 4.79 Å². The fourth-order valence-corrected chi connectivity index (χ4v) is 4.90. The Labute approximate surface area is 151 Å². The molecular weight excluding hydrogens is 334 g/mol. The number of fused-ring (bicyclic) bond motifs is 1. The molecule has 1 aromatic heterocycles. The molecule has 0 fully saturated rings. The van der Waals surface area contributed by atoms with Crippen molar-refractivity contribution < 1.29 is 14.7 Å². The third kappa shape index (κ3) is 3.47. The zero-order valence-corrected chi connectivity index (χ0v) is 15.6. The maximum absolute atomic E-state index is 12.7. The van der Waals surface area contributed by atoms with Gasteiger partial charge in [0.15, 0.2) is 0 Å². The number of carboxylic acid groups (broad SMARTS) is 1. The van der Waals surface area contributed by atoms with Crippen LogP contribution in [0, 0.1) is 19.8 Å². The molecule has 0 spiro atoms. The van der Waals surface area contributed by atoms with Crippen LogP contribution < -0.4 is 5.32 Å². The minimum atomic E-state index is -0.955. The van der Waals surface area contributed by atoms with Crippen molar-refractivity contribution in [2.45, 2.75) is 46.5 Å². The minimum Gasteiger partial charge on any atom is -0.478 e. The molecule has 1 aromatic carbocycles. The van der Waals surface area contributed by atoms with Gasteiger partial charge in [0.05, 0.1) is 5.56 Å². The van der Waals surface area contributed by atoms with E-state index in [4.69, 9.17) is 0 Å². The normalized spacial score (nSPS) is 16.4. The molecule has 1 aliphatic carbocycles. The molecule has 1 aliphatic rings. The number of aryl methyl sites for hydroxylation is 2. The quantitative estimate of drug-likeness (QED) is 0.823. The molecule has 3 rings (SSSR count). The molecule has 0 radical (unpaired) electrons. The number of carboxylic acids is 1. The van der Waals surface area contributed by atoms with Crippen LogP contribution in [0.15, 0.2) is 18.2 Å². The number of benzene rings is 1. The molecule has 0 saturated carbocycles. The first-order chi connectivity index (χ1) is 11.9. The van der Waals surface area contributed by atoms with Crippen LogP contribution in [-0.2, 0) is 12.8 Å². The predicted molar refractivity (Wildman–Crippen MR) is 101 cm³/mol. The van der Waals surface area contributed by atoms with Crippen molar-refractivity contribution in [2.75, 3.05) is 5.32 Å². The van der Waals surface area contributed by atoms with Gasteiger partial charge < -0.3 is 10.4 Å². The molecule has 1 unspecified atom stereocenters. The van der Waals surface area contributed by atoms with E-state index in [0.29, 0.717) is 16.5 Å². The average Bonchev–Trinajstić information content (AvgIpc) is 2.91. The first kappa shape index (κ1) is 17.7. The van der Waals surface area contributed by atoms with Crippen LogP contribution >= 0.6 is 11.3 Å². The maximum Gasteiger partial charge on any atom is 0.339 e. The fourth-order valence-electron chi connectivity index (χ4n) is 3.56. The number of nitrogens with one attached hydrogen (secondary N) is 1. The van der Waals surface area contributed by atoms with E-state index in [2.05, 4.69) is 12.2 Å². The number of aromatic carboxylic acids is 1. The van der Waals surface area contributed by atoms with Gasteiger partial charge >= 0.3 is 5.97 Å². The van der Waals surface area contributed by atoms with Crippen LogP contribution in [0.4, 0.5) is 5.00 Å². The van der Waals surface area contributed by atoms with Gasteiger partial charge in [0, 0.05) is 10.4 Å². The molecular formula is C20H23NO3S. The van der Waals surface area contributed by atoms with Crippen LogP contribution in [0.3, 0.4) is 0 Å². The third-order valence-corrected chi connectivity index (χ3v) is 6.18. The molecule has 0 aliphatic heterocycles. The highest BCUT2D eigenvalue weighted by Gasteiger charge is 2.29. The van der Waals surface area contributed by atoms with E-state index in [1.165, 1.54) is 11.3 Å². The lowest BCUT2D eigenvalue weighted by Gasteiger charge is -2.20. The number of thiophene rings is 1. The van der Waals surface area contributed by atoms with Crippen LogP contribution in [0.25, 0.3) is 0 Å². The molecule has 0 bridgehead atoms. The number of carbonyl (C=O) groups is 2. The Morgan fingerprint density at radius 2 is 2.08 bits per heavy atom. The largest absolute Gasteiger partial charge is 0.478 e. The Kier molecular flexibility index (Phi) is 4.95. The van der Waals surface area contributed by atoms with Crippen molar-refractivity contribution >= 4 is 28.2 Å². The molecule has 1 heterocycles. The summed E-state index contributed by atoms with van der Waals surface area (Å²) in [6, 6.07) is 5.64. The van der Waals surface area contributed by atoms with Gasteiger partial charge in [-0.05, 0) is 56.2 Å². The zero-order chi connectivity index (χ0) is 18.1. The summed E-state index contributed by atoms with van der Waals surface area (Å²) in [5, 5.41) is 13.0. The summed E-state index contributed by atoms with van der Waals surface area (Å²) >= 11 is 1.43. The van der Waals surface area contributed by atoms with Crippen LogP contribution in [0.2, 0.25) is 0 Å². The van der Waals surface area contributed by atoms with Crippen LogP contribution in [-0.4, -0.2) is 17.0 Å². The van der Waals surface area contributed by atoms with Crippen molar-refractivity contribution in [2.24, 2.45) is 5.92 Å². The Morgan fingerprint density at radius 3 is 2.72 bits per heavy atom. The van der Waals surface area contributed by atoms with E-state index in [-0.39, 0.29) is 11.5 Å². The summed E-state index contributed by atoms with van der Waals surface area (Å²) in [6.45, 7) is 6.05. The molecule has 4 nitrogen and oxygen atoms in total. The first-order valence-electron chi connectivity index (χ1n) is 8.67. The third-order valence-electron chi connectivity index (χ3n) is 5.01. The monoisotopic (exact) mass is 357 g/mol. The van der Waals surface area contributed by atoms with Gasteiger partial charge in [0.25, 0.3) is 5.91 Å². The van der Waals surface area contributed by atoms with Crippen molar-refractivity contribution in [3.05, 3.63) is 50.9 Å². The lowest BCUT2D eigenvalue weighted by Crippen LogP contribution is -2.16. The van der Waals surface area contributed by atoms with E-state index >= 15 is 0 Å². The zero-order valence-electron chi connectivity index (χ0n) is 14.8. The lowest BCUT2D eigenvalue weighted by molar-refractivity contribution is 0.0697. The smallest absolute Gasteiger partial charge is 0.339 e. The van der Waals surface area contributed by atoms with Gasteiger partial charge in [-0.2, -0.15) is 0 Å². The number of hydrogen-bond donors (Lipinski definition) is 2. The number of anilines is 1. The SMILES string of the molecule is CCC1CCc2c(sc(NC(=O)c3ccc(C)cc3C)c2C(=O)O)C1. The van der Waals surface area contributed by atoms with E-state index in [0.717, 1.165) is 47.3 Å². The van der Waals surface area contributed by atoms with Crippen LogP contribution in [0.1, 0.15) is 62.0 Å². The second-order valence-corrected chi connectivity index (χ2v) is 7.91. The van der Waals surface area contributed by atoms with Crippen molar-refractivity contribution in [1.82, 2.24) is 0 Å². The molecule has 25 heavy (non-hydrogen) atoms. The number of carbonyl (C=O) groups excluding carboxylic acids is 1. The second kappa shape index (κ2) is 7.00. The van der Waals surface area contributed by atoms with Gasteiger partial charge in [0.1, 0.15) is 5.00 Å². The minimum absolute atomic E-state index is 0.245. The molecule has 132 valence electrons. The standard InChI is InChI=1S/C20H23NO3S/c1-4-13-6-8-15-16(10-13)25-19(17(15)20(23)24)21-18(22)14-7-5-11(2)9-12(14)3/h5,7,9,13H,4,6,8,10H2,1-3H3,(H,21,22)(H,23,24). The molecule has 2 aromatic rings. The Balaban J connectivity index is 1.93. The molecule has 0 saturated heterocycles. The number of hydrogen-bond acceptors (Lipinski definition) is 3. The number of rotatable bonds is 4. The molecule has 2 N–H and O–H groups in total. The molecule has 1 atom stereocenters. The van der Waals surface area contributed by atoms with Gasteiger partial charge in [-0.15, -0.1) is 11.3 Å². The second-order valence-electron chi connectivity index (χ2n) is 6.80. The van der Waals surface area contributed by atoms with Crippen molar-refractivity contribution in [3.63, 3.8) is 0 Å². The number of amides is 1. The Morgan fingerprint density at radius 1 is 1.32 bits per heavy atom. The fraction of sp³-hybridized carbons (Fsp3) is 0.400. The van der Waals surface area contributed by atoms with Gasteiger partial charge in [-0.1, -0.05) is 31.0 Å². The first-order valence-corrected chi connectivity index (χ1v) is 9.48. The lowest BCUT2D eigenvalue weighted by atomic mass is 9.86. The van der Waals surface area contributed by atoms with Gasteiger partial charge in [0.2, 0.25) is 0 Å². The predicted octanol–water partition coefficient (Wildman–Crippen LogP) is 4.83. The summed E-state index contributed by atoms with van der Waals surface area (Å²) in [5.74, 6) is -0.593. The molecule has 5 heteroatoms. The van der Waals surface area contributed by atoms with Crippen LogP contribution in [0.5, 0.6) is 0 Å². The summed E-state index contributed by atoms with van der Waals surface area (Å²) < 4.78 is 0. The van der Waals surface area contributed by atoms with Crippen molar-refractivity contribution in [1.29, 1.82) is 0 Å². The molecule has 1 amide bonds. The van der Waals surface area contributed by atoms with E-state index in [1.54, 1.807) is 6.07 Å².